The highest BCUT2D eigenvalue weighted by Gasteiger charge is 2.22. The van der Waals surface area contributed by atoms with E-state index >= 15 is 0 Å². The maximum Gasteiger partial charge on any atom is 0.224 e. The van der Waals surface area contributed by atoms with Crippen LogP contribution in [0.5, 0.6) is 0 Å². The van der Waals surface area contributed by atoms with Crippen LogP contribution in [0.25, 0.3) is 0 Å². The van der Waals surface area contributed by atoms with Crippen molar-refractivity contribution in [1.82, 2.24) is 14.8 Å². The summed E-state index contributed by atoms with van der Waals surface area (Å²) in [4.78, 5) is 29.7. The van der Waals surface area contributed by atoms with Gasteiger partial charge in [-0.25, -0.2) is 9.37 Å². The fourth-order valence-electron chi connectivity index (χ4n) is 3.89. The topological polar surface area (TPSA) is 81.3 Å². The van der Waals surface area contributed by atoms with Gasteiger partial charge in [-0.05, 0) is 24.3 Å². The molecule has 0 aliphatic carbocycles. The normalized spacial score (nSPS) is 17.3. The van der Waals surface area contributed by atoms with Gasteiger partial charge in [0.25, 0.3) is 0 Å². The fourth-order valence-corrected chi connectivity index (χ4v) is 4.59. The Morgan fingerprint density at radius 2 is 1.62 bits per heavy atom. The van der Waals surface area contributed by atoms with Crippen molar-refractivity contribution in [2.24, 2.45) is 10.7 Å². The number of benzene rings is 1. The van der Waals surface area contributed by atoms with E-state index in [0.717, 1.165) is 50.1 Å². The Kier molecular flexibility index (Phi) is 8.91. The van der Waals surface area contributed by atoms with Crippen LogP contribution in [-0.2, 0) is 4.79 Å². The molecule has 32 heavy (non-hydrogen) atoms. The van der Waals surface area contributed by atoms with Crippen molar-refractivity contribution in [2.75, 3.05) is 68.7 Å². The van der Waals surface area contributed by atoms with Crippen molar-refractivity contribution >= 4 is 58.0 Å². The Morgan fingerprint density at radius 1 is 1.00 bits per heavy atom. The lowest BCUT2D eigenvalue weighted by atomic mass is 10.2. The third-order valence-electron chi connectivity index (χ3n) is 5.72. The van der Waals surface area contributed by atoms with Gasteiger partial charge in [0, 0.05) is 76.0 Å². The second-order valence-corrected chi connectivity index (χ2v) is 8.50. The molecule has 3 heterocycles. The summed E-state index contributed by atoms with van der Waals surface area (Å²) in [5.41, 5.74) is 7.14. The molecule has 4 rings (SSSR count). The summed E-state index contributed by atoms with van der Waals surface area (Å²) in [6, 6.07) is 6.49. The van der Waals surface area contributed by atoms with Gasteiger partial charge in [0.2, 0.25) is 5.91 Å². The third kappa shape index (κ3) is 6.21. The SMILES string of the molecule is I.NC(=NCCC(=O)N1CCN(c2ccc(F)cc2)CC1)N1CCN(c2nccs2)CC1. The number of aliphatic imine (C=N–C) groups is 1. The summed E-state index contributed by atoms with van der Waals surface area (Å²) < 4.78 is 13.1. The Labute approximate surface area is 208 Å². The van der Waals surface area contributed by atoms with Crippen molar-refractivity contribution in [3.63, 3.8) is 0 Å². The van der Waals surface area contributed by atoms with Gasteiger partial charge in [-0.15, -0.1) is 35.3 Å². The zero-order valence-electron chi connectivity index (χ0n) is 17.9. The number of hydrogen-bond donors (Lipinski definition) is 1. The lowest BCUT2D eigenvalue weighted by Gasteiger charge is -2.36. The van der Waals surface area contributed by atoms with Gasteiger partial charge in [0.15, 0.2) is 11.1 Å². The largest absolute Gasteiger partial charge is 0.370 e. The molecule has 0 radical (unpaired) electrons. The molecule has 174 valence electrons. The molecular weight excluding hydrogens is 544 g/mol. The number of hydrogen-bond acceptors (Lipinski definition) is 6. The quantitative estimate of drug-likeness (QED) is 0.335. The summed E-state index contributed by atoms with van der Waals surface area (Å²) in [5.74, 6) is 0.371. The molecule has 0 bridgehead atoms. The maximum atomic E-state index is 13.1. The maximum absolute atomic E-state index is 13.1. The van der Waals surface area contributed by atoms with Gasteiger partial charge in [-0.3, -0.25) is 9.79 Å². The number of nitrogens with zero attached hydrogens (tertiary/aromatic N) is 6. The molecule has 0 saturated carbocycles. The summed E-state index contributed by atoms with van der Waals surface area (Å²) in [6.07, 6.45) is 2.18. The van der Waals surface area contributed by atoms with Crippen molar-refractivity contribution in [3.8, 4) is 0 Å². The van der Waals surface area contributed by atoms with E-state index < -0.39 is 0 Å². The molecule has 0 unspecified atom stereocenters. The van der Waals surface area contributed by atoms with Crippen molar-refractivity contribution < 1.29 is 9.18 Å². The number of rotatable bonds is 5. The number of piperazine rings is 2. The predicted molar refractivity (Wildman–Crippen MR) is 138 cm³/mol. The second kappa shape index (κ2) is 11.6. The molecule has 0 atom stereocenters. The molecule has 0 spiro atoms. The molecule has 11 heteroatoms. The number of halogens is 2. The number of carbonyl (C=O) groups excluding carboxylic acids is 1. The molecule has 1 aromatic heterocycles. The van der Waals surface area contributed by atoms with Crippen LogP contribution in [0, 0.1) is 5.82 Å². The predicted octanol–water partition coefficient (Wildman–Crippen LogP) is 2.08. The van der Waals surface area contributed by atoms with E-state index in [9.17, 15) is 9.18 Å². The van der Waals surface area contributed by atoms with E-state index in [1.807, 2.05) is 16.5 Å². The van der Waals surface area contributed by atoms with Crippen LogP contribution in [-0.4, -0.2) is 85.6 Å². The third-order valence-corrected chi connectivity index (χ3v) is 6.55. The fraction of sp³-hybridized carbons (Fsp3) is 0.476. The lowest BCUT2D eigenvalue weighted by molar-refractivity contribution is -0.131. The van der Waals surface area contributed by atoms with Crippen LogP contribution < -0.4 is 15.5 Å². The Morgan fingerprint density at radius 3 is 2.25 bits per heavy atom. The van der Waals surface area contributed by atoms with Crippen molar-refractivity contribution in [1.29, 1.82) is 0 Å². The minimum absolute atomic E-state index is 0. The number of carbonyl (C=O) groups is 1. The molecule has 2 aliphatic rings. The summed E-state index contributed by atoms with van der Waals surface area (Å²) in [7, 11) is 0. The van der Waals surface area contributed by atoms with E-state index in [-0.39, 0.29) is 35.7 Å². The Balaban J connectivity index is 0.00000289. The molecule has 1 aromatic carbocycles. The molecule has 2 aliphatic heterocycles. The highest BCUT2D eigenvalue weighted by atomic mass is 127. The van der Waals surface area contributed by atoms with E-state index in [1.54, 1.807) is 23.5 Å². The summed E-state index contributed by atoms with van der Waals surface area (Å²) in [5, 5.41) is 3.03. The molecule has 8 nitrogen and oxygen atoms in total. The van der Waals surface area contributed by atoms with Crippen LogP contribution in [0.4, 0.5) is 15.2 Å². The first-order valence-corrected chi connectivity index (χ1v) is 11.5. The van der Waals surface area contributed by atoms with Crippen LogP contribution in [0.1, 0.15) is 6.42 Å². The van der Waals surface area contributed by atoms with Gasteiger partial charge in [0.05, 0.1) is 6.54 Å². The molecule has 2 N–H and O–H groups in total. The van der Waals surface area contributed by atoms with Crippen LogP contribution in [0.15, 0.2) is 40.8 Å². The highest BCUT2D eigenvalue weighted by molar-refractivity contribution is 14.0. The highest BCUT2D eigenvalue weighted by Crippen LogP contribution is 2.19. The monoisotopic (exact) mass is 573 g/mol. The van der Waals surface area contributed by atoms with Crippen molar-refractivity contribution in [3.05, 3.63) is 41.7 Å². The Bertz CT molecular complexity index is 880. The van der Waals surface area contributed by atoms with Crippen molar-refractivity contribution in [2.45, 2.75) is 6.42 Å². The zero-order valence-corrected chi connectivity index (χ0v) is 21.0. The molecule has 2 saturated heterocycles. The van der Waals surface area contributed by atoms with E-state index in [0.29, 0.717) is 32.0 Å². The number of nitrogens with two attached hydrogens (primary N) is 1. The van der Waals surface area contributed by atoms with E-state index in [1.165, 1.54) is 12.1 Å². The summed E-state index contributed by atoms with van der Waals surface area (Å²) in [6.45, 7) is 6.53. The van der Waals surface area contributed by atoms with Crippen LogP contribution in [0.2, 0.25) is 0 Å². The number of thiazole rings is 1. The number of anilines is 2. The number of guanidine groups is 1. The lowest BCUT2D eigenvalue weighted by Crippen LogP contribution is -2.51. The van der Waals surface area contributed by atoms with E-state index in [4.69, 9.17) is 5.73 Å². The Hall–Kier alpha value is -2.15. The van der Waals surface area contributed by atoms with Gasteiger partial charge >= 0.3 is 0 Å². The molecule has 1 amide bonds. The molecular formula is C21H29FIN7OS. The van der Waals surface area contributed by atoms with Gasteiger partial charge in [0.1, 0.15) is 5.82 Å². The standard InChI is InChI=1S/C21H28FN7OS.HI/c22-17-1-3-18(4-2-17)26-8-10-27(11-9-26)19(30)5-6-24-20(23)28-12-14-29(15-13-28)21-25-7-16-31-21;/h1-4,7,16H,5-6,8-15H2,(H2,23,24);1H. The smallest absolute Gasteiger partial charge is 0.224 e. The first-order valence-electron chi connectivity index (χ1n) is 10.6. The average molecular weight is 573 g/mol. The average Bonchev–Trinajstić information content (AvgIpc) is 3.35. The van der Waals surface area contributed by atoms with Gasteiger partial charge in [-0.1, -0.05) is 0 Å². The molecule has 2 aromatic rings. The first kappa shape index (κ1) is 24.5. The van der Waals surface area contributed by atoms with Gasteiger partial charge < -0.3 is 25.3 Å². The minimum Gasteiger partial charge on any atom is -0.370 e. The second-order valence-electron chi connectivity index (χ2n) is 7.62. The van der Waals surface area contributed by atoms with Gasteiger partial charge in [-0.2, -0.15) is 0 Å². The van der Waals surface area contributed by atoms with Crippen LogP contribution >= 0.6 is 35.3 Å². The minimum atomic E-state index is -0.237. The first-order chi connectivity index (χ1) is 15.1. The van der Waals surface area contributed by atoms with E-state index in [2.05, 4.69) is 24.7 Å². The van der Waals surface area contributed by atoms with Crippen LogP contribution in [0.3, 0.4) is 0 Å². The summed E-state index contributed by atoms with van der Waals surface area (Å²) >= 11 is 1.64. The number of aromatic nitrogens is 1. The molecule has 2 fully saturated rings. The zero-order chi connectivity index (χ0) is 21.6. The number of amides is 1.